The van der Waals surface area contributed by atoms with Crippen molar-refractivity contribution in [3.05, 3.63) is 102 Å². The van der Waals surface area contributed by atoms with Crippen molar-refractivity contribution in [3.63, 3.8) is 0 Å². The number of hydrogen-bond donors (Lipinski definition) is 2. The molecule has 7 heteroatoms. The van der Waals surface area contributed by atoms with E-state index in [0.717, 1.165) is 54.8 Å². The molecular formula is C30H34N4O2S. The molecule has 1 aromatic heterocycles. The Labute approximate surface area is 219 Å². The number of rotatable bonds is 9. The fraction of sp³-hybridized carbons (Fsp3) is 0.300. The maximum Gasteiger partial charge on any atom is 0.240 e. The fourth-order valence-corrected chi connectivity index (χ4v) is 6.28. The second-order valence-corrected chi connectivity index (χ2v) is 11.7. The molecule has 37 heavy (non-hydrogen) atoms. The highest BCUT2D eigenvalue weighted by atomic mass is 32.2. The van der Waals surface area contributed by atoms with E-state index >= 15 is 0 Å². The van der Waals surface area contributed by atoms with Crippen molar-refractivity contribution in [2.45, 2.75) is 37.2 Å². The minimum absolute atomic E-state index is 0.138. The van der Waals surface area contributed by atoms with Crippen LogP contribution in [0.25, 0.3) is 10.9 Å². The van der Waals surface area contributed by atoms with Gasteiger partial charge in [0.25, 0.3) is 0 Å². The van der Waals surface area contributed by atoms with Gasteiger partial charge in [-0.05, 0) is 55.5 Å². The van der Waals surface area contributed by atoms with Gasteiger partial charge < -0.3 is 5.32 Å². The van der Waals surface area contributed by atoms with Gasteiger partial charge in [-0.3, -0.25) is 9.88 Å². The van der Waals surface area contributed by atoms with Crippen LogP contribution < -0.4 is 10.0 Å². The standard InChI is InChI=1S/C30H34N4O2S/c1-23-18-30(28-14-8-9-15-29(28)33-23)31-19-25-16-17-26(34(22-25)21-24-10-4-2-5-11-24)20-32-37(35,36)27-12-6-3-7-13-27/h2-15,18,25-26,32H,16-17,19-22H2,1H3,(H,31,33). The molecule has 0 spiro atoms. The van der Waals surface area contributed by atoms with Gasteiger partial charge in [-0.1, -0.05) is 66.7 Å². The second kappa shape index (κ2) is 11.4. The first-order valence-corrected chi connectivity index (χ1v) is 14.4. The number of likely N-dealkylation sites (tertiary alicyclic amines) is 1. The van der Waals surface area contributed by atoms with E-state index in [1.54, 1.807) is 24.3 Å². The van der Waals surface area contributed by atoms with Crippen molar-refractivity contribution >= 4 is 26.6 Å². The molecule has 192 valence electrons. The summed E-state index contributed by atoms with van der Waals surface area (Å²) < 4.78 is 28.6. The van der Waals surface area contributed by atoms with Crippen molar-refractivity contribution < 1.29 is 8.42 Å². The molecule has 1 aliphatic rings. The molecule has 0 amide bonds. The van der Waals surface area contributed by atoms with Gasteiger partial charge in [-0.25, -0.2) is 13.1 Å². The average molecular weight is 515 g/mol. The molecule has 5 rings (SSSR count). The molecular weight excluding hydrogens is 480 g/mol. The van der Waals surface area contributed by atoms with Gasteiger partial charge in [0.05, 0.1) is 10.4 Å². The molecule has 6 nitrogen and oxygen atoms in total. The van der Waals surface area contributed by atoms with E-state index in [-0.39, 0.29) is 6.04 Å². The maximum atomic E-state index is 12.9. The van der Waals surface area contributed by atoms with Crippen LogP contribution in [0.15, 0.2) is 95.9 Å². The second-order valence-electron chi connectivity index (χ2n) is 9.89. The zero-order valence-electron chi connectivity index (χ0n) is 21.2. The largest absolute Gasteiger partial charge is 0.384 e. The Morgan fingerprint density at radius 1 is 0.892 bits per heavy atom. The molecule has 1 aliphatic heterocycles. The van der Waals surface area contributed by atoms with E-state index < -0.39 is 10.0 Å². The Morgan fingerprint density at radius 2 is 1.59 bits per heavy atom. The quantitative estimate of drug-likeness (QED) is 0.321. The highest BCUT2D eigenvalue weighted by Gasteiger charge is 2.29. The van der Waals surface area contributed by atoms with E-state index in [2.05, 4.69) is 62.4 Å². The predicted molar refractivity (Wildman–Crippen MR) is 150 cm³/mol. The smallest absolute Gasteiger partial charge is 0.240 e. The van der Waals surface area contributed by atoms with Crippen molar-refractivity contribution in [1.82, 2.24) is 14.6 Å². The highest BCUT2D eigenvalue weighted by molar-refractivity contribution is 7.89. The van der Waals surface area contributed by atoms with Gasteiger partial charge >= 0.3 is 0 Å². The number of nitrogens with zero attached hydrogens (tertiary/aromatic N) is 2. The van der Waals surface area contributed by atoms with E-state index in [4.69, 9.17) is 0 Å². The lowest BCUT2D eigenvalue weighted by molar-refractivity contribution is 0.106. The molecule has 2 atom stereocenters. The summed E-state index contributed by atoms with van der Waals surface area (Å²) in [6.45, 7) is 4.99. The lowest BCUT2D eigenvalue weighted by atomic mass is 9.92. The Hall–Kier alpha value is -3.26. The molecule has 2 unspecified atom stereocenters. The average Bonchev–Trinajstić information content (AvgIpc) is 2.92. The third-order valence-electron chi connectivity index (χ3n) is 7.13. The fourth-order valence-electron chi connectivity index (χ4n) is 5.19. The predicted octanol–water partition coefficient (Wildman–Crippen LogP) is 5.21. The molecule has 0 aliphatic carbocycles. The normalized spacial score (nSPS) is 18.6. The van der Waals surface area contributed by atoms with Crippen LogP contribution in [0.1, 0.15) is 24.1 Å². The van der Waals surface area contributed by atoms with Gasteiger partial charge in [-0.2, -0.15) is 0 Å². The lowest BCUT2D eigenvalue weighted by Crippen LogP contribution is -2.49. The van der Waals surface area contributed by atoms with E-state index in [1.807, 2.05) is 31.2 Å². The molecule has 4 aromatic rings. The number of pyridine rings is 1. The van der Waals surface area contributed by atoms with Crippen molar-refractivity contribution in [1.29, 1.82) is 0 Å². The topological polar surface area (TPSA) is 74.3 Å². The number of benzene rings is 3. The molecule has 2 N–H and O–H groups in total. The minimum Gasteiger partial charge on any atom is -0.384 e. The highest BCUT2D eigenvalue weighted by Crippen LogP contribution is 2.27. The SMILES string of the molecule is Cc1cc(NCC2CCC(CNS(=O)(=O)c3ccccc3)N(Cc3ccccc3)C2)c2ccccc2n1. The van der Waals surface area contributed by atoms with Gasteiger partial charge in [0, 0.05) is 49.0 Å². The molecule has 0 bridgehead atoms. The molecule has 2 heterocycles. The van der Waals surface area contributed by atoms with Gasteiger partial charge in [-0.15, -0.1) is 0 Å². The lowest BCUT2D eigenvalue weighted by Gasteiger charge is -2.40. The van der Waals surface area contributed by atoms with E-state index in [0.29, 0.717) is 17.4 Å². The summed E-state index contributed by atoms with van der Waals surface area (Å²) in [7, 11) is -3.54. The molecule has 1 saturated heterocycles. The molecule has 1 fully saturated rings. The van der Waals surface area contributed by atoms with Gasteiger partial charge in [0.1, 0.15) is 0 Å². The maximum absolute atomic E-state index is 12.9. The van der Waals surface area contributed by atoms with Crippen LogP contribution in [-0.2, 0) is 16.6 Å². The van der Waals surface area contributed by atoms with E-state index in [1.165, 1.54) is 5.56 Å². The Bertz CT molecular complexity index is 1430. The number of aryl methyl sites for hydroxylation is 1. The summed E-state index contributed by atoms with van der Waals surface area (Å²) in [6, 6.07) is 29.5. The number of para-hydroxylation sites is 1. The molecule has 0 saturated carbocycles. The Kier molecular flexibility index (Phi) is 7.84. The summed E-state index contributed by atoms with van der Waals surface area (Å²) in [5.41, 5.74) is 4.37. The summed E-state index contributed by atoms with van der Waals surface area (Å²) >= 11 is 0. The third-order valence-corrected chi connectivity index (χ3v) is 8.57. The summed E-state index contributed by atoms with van der Waals surface area (Å²) in [5, 5.41) is 4.83. The number of sulfonamides is 1. The van der Waals surface area contributed by atoms with E-state index in [9.17, 15) is 8.42 Å². The van der Waals surface area contributed by atoms with Crippen molar-refractivity contribution in [3.8, 4) is 0 Å². The van der Waals surface area contributed by atoms with Crippen LogP contribution >= 0.6 is 0 Å². The van der Waals surface area contributed by atoms with Gasteiger partial charge in [0.15, 0.2) is 0 Å². The first-order valence-electron chi connectivity index (χ1n) is 12.9. The van der Waals surface area contributed by atoms with Crippen molar-refractivity contribution in [2.75, 3.05) is 25.0 Å². The van der Waals surface area contributed by atoms with Gasteiger partial charge in [0.2, 0.25) is 10.0 Å². The van der Waals surface area contributed by atoms with Crippen LogP contribution in [0.5, 0.6) is 0 Å². The molecule has 3 aromatic carbocycles. The van der Waals surface area contributed by atoms with Crippen molar-refractivity contribution in [2.24, 2.45) is 5.92 Å². The number of hydrogen-bond acceptors (Lipinski definition) is 5. The number of piperidine rings is 1. The Balaban J connectivity index is 1.28. The molecule has 0 radical (unpaired) electrons. The first kappa shape index (κ1) is 25.4. The van der Waals surface area contributed by atoms with Crippen LogP contribution in [0.2, 0.25) is 0 Å². The van der Waals surface area contributed by atoms with Crippen LogP contribution in [0.4, 0.5) is 5.69 Å². The summed E-state index contributed by atoms with van der Waals surface area (Å²) in [4.78, 5) is 7.40. The minimum atomic E-state index is -3.54. The monoisotopic (exact) mass is 514 g/mol. The van der Waals surface area contributed by atoms with Crippen LogP contribution in [0, 0.1) is 12.8 Å². The summed E-state index contributed by atoms with van der Waals surface area (Å²) in [6.07, 6.45) is 1.98. The van der Waals surface area contributed by atoms with Crippen LogP contribution in [0.3, 0.4) is 0 Å². The third kappa shape index (κ3) is 6.36. The number of nitrogens with one attached hydrogen (secondary N) is 2. The first-order chi connectivity index (χ1) is 18.0. The number of aromatic nitrogens is 1. The zero-order chi connectivity index (χ0) is 25.7. The zero-order valence-corrected chi connectivity index (χ0v) is 22.0. The number of fused-ring (bicyclic) bond motifs is 1. The summed E-state index contributed by atoms with van der Waals surface area (Å²) in [5.74, 6) is 0.456. The Morgan fingerprint density at radius 3 is 2.38 bits per heavy atom. The number of anilines is 1. The van der Waals surface area contributed by atoms with Crippen LogP contribution in [-0.4, -0.2) is 44.0 Å².